The lowest BCUT2D eigenvalue weighted by molar-refractivity contribution is 0.192. The predicted octanol–water partition coefficient (Wildman–Crippen LogP) is 2.25. The Hall–Kier alpha value is -2.49. The Bertz CT molecular complexity index is 581. The molecule has 1 atom stereocenters. The first-order valence-corrected chi connectivity index (χ1v) is 5.74. The molecule has 0 fully saturated rings. The van der Waals surface area contributed by atoms with E-state index < -0.39 is 0 Å². The fourth-order valence-corrected chi connectivity index (χ4v) is 1.88. The van der Waals surface area contributed by atoms with E-state index in [1.165, 1.54) is 0 Å². The Morgan fingerprint density at radius 1 is 1.00 bits per heavy atom. The molecular formula is C14H13N3O. The zero-order chi connectivity index (χ0) is 12.4. The van der Waals surface area contributed by atoms with Gasteiger partial charge in [0.1, 0.15) is 0 Å². The smallest absolute Gasteiger partial charge is 0.240 e. The molecule has 18 heavy (non-hydrogen) atoms. The summed E-state index contributed by atoms with van der Waals surface area (Å²) in [5, 5.41) is 4.19. The van der Waals surface area contributed by atoms with Gasteiger partial charge in [-0.15, -0.1) is 5.10 Å². The molecule has 3 rings (SSSR count). The third-order valence-electron chi connectivity index (χ3n) is 2.81. The first kappa shape index (κ1) is 10.7. The molecule has 0 spiro atoms. The zero-order valence-corrected chi connectivity index (χ0v) is 9.71. The van der Waals surface area contributed by atoms with Gasteiger partial charge in [0, 0.05) is 16.8 Å². The Morgan fingerprint density at radius 3 is 2.50 bits per heavy atom. The van der Waals surface area contributed by atoms with Crippen molar-refractivity contribution in [1.29, 1.82) is 0 Å². The minimum atomic E-state index is -0.318. The van der Waals surface area contributed by atoms with Crippen molar-refractivity contribution in [2.45, 2.75) is 6.23 Å². The normalized spacial score (nSPS) is 17.8. The third-order valence-corrected chi connectivity index (χ3v) is 2.81. The molecule has 0 bridgehead atoms. The molecule has 90 valence electrons. The number of nitrogens with zero attached hydrogens (tertiary/aromatic N) is 1. The van der Waals surface area contributed by atoms with Crippen molar-refractivity contribution in [1.82, 2.24) is 5.43 Å². The molecule has 0 saturated carbocycles. The minimum Gasteiger partial charge on any atom is -0.446 e. The van der Waals surface area contributed by atoms with Crippen molar-refractivity contribution in [2.24, 2.45) is 5.10 Å². The van der Waals surface area contributed by atoms with Crippen LogP contribution in [0.4, 0.5) is 5.69 Å². The summed E-state index contributed by atoms with van der Waals surface area (Å²) in [6.45, 7) is 0. The van der Waals surface area contributed by atoms with Crippen LogP contribution in [0.25, 0.3) is 0 Å². The molecule has 0 saturated heterocycles. The van der Waals surface area contributed by atoms with Gasteiger partial charge in [-0.25, -0.2) is 0 Å². The van der Waals surface area contributed by atoms with Crippen molar-refractivity contribution >= 4 is 11.6 Å². The van der Waals surface area contributed by atoms with Crippen molar-refractivity contribution in [3.05, 3.63) is 65.7 Å². The summed E-state index contributed by atoms with van der Waals surface area (Å²) >= 11 is 0. The van der Waals surface area contributed by atoms with Crippen molar-refractivity contribution < 1.29 is 4.74 Å². The maximum absolute atomic E-state index is 5.91. The maximum Gasteiger partial charge on any atom is 0.240 e. The Labute approximate surface area is 105 Å². The first-order chi connectivity index (χ1) is 8.84. The number of benzene rings is 2. The van der Waals surface area contributed by atoms with Crippen LogP contribution < -0.4 is 11.2 Å². The highest BCUT2D eigenvalue weighted by Crippen LogP contribution is 2.25. The highest BCUT2D eigenvalue weighted by Gasteiger charge is 2.23. The average molecular weight is 239 g/mol. The summed E-state index contributed by atoms with van der Waals surface area (Å²) in [7, 11) is 0. The van der Waals surface area contributed by atoms with Gasteiger partial charge >= 0.3 is 0 Å². The Morgan fingerprint density at radius 2 is 1.72 bits per heavy atom. The monoisotopic (exact) mass is 239 g/mol. The van der Waals surface area contributed by atoms with E-state index in [1.54, 1.807) is 0 Å². The van der Waals surface area contributed by atoms with Gasteiger partial charge in [-0.2, -0.15) is 0 Å². The van der Waals surface area contributed by atoms with Gasteiger partial charge in [0.25, 0.3) is 0 Å². The van der Waals surface area contributed by atoms with Crippen LogP contribution >= 0.6 is 0 Å². The van der Waals surface area contributed by atoms with Crippen LogP contribution in [-0.4, -0.2) is 5.90 Å². The Kier molecular flexibility index (Phi) is 2.61. The van der Waals surface area contributed by atoms with Crippen LogP contribution in [0.15, 0.2) is 59.7 Å². The fourth-order valence-electron chi connectivity index (χ4n) is 1.88. The second-order valence-corrected chi connectivity index (χ2v) is 4.04. The van der Waals surface area contributed by atoms with E-state index >= 15 is 0 Å². The van der Waals surface area contributed by atoms with E-state index in [-0.39, 0.29) is 6.23 Å². The molecule has 1 unspecified atom stereocenters. The molecule has 2 aromatic carbocycles. The van der Waals surface area contributed by atoms with Gasteiger partial charge in [0.2, 0.25) is 12.1 Å². The molecular weight excluding hydrogens is 226 g/mol. The molecule has 1 heterocycles. The largest absolute Gasteiger partial charge is 0.446 e. The van der Waals surface area contributed by atoms with Gasteiger partial charge in [-0.3, -0.25) is 5.43 Å². The lowest BCUT2D eigenvalue weighted by atomic mass is 10.1. The van der Waals surface area contributed by atoms with E-state index in [2.05, 4.69) is 10.5 Å². The summed E-state index contributed by atoms with van der Waals surface area (Å²) in [5.74, 6) is 0.587. The van der Waals surface area contributed by atoms with E-state index in [4.69, 9.17) is 10.5 Å². The maximum atomic E-state index is 5.91. The predicted molar refractivity (Wildman–Crippen MR) is 70.8 cm³/mol. The van der Waals surface area contributed by atoms with E-state index in [0.29, 0.717) is 11.6 Å². The molecule has 4 nitrogen and oxygen atoms in total. The first-order valence-electron chi connectivity index (χ1n) is 5.74. The van der Waals surface area contributed by atoms with E-state index in [0.717, 1.165) is 11.1 Å². The highest BCUT2D eigenvalue weighted by molar-refractivity contribution is 5.94. The molecule has 2 aromatic rings. The van der Waals surface area contributed by atoms with Crippen LogP contribution in [0.3, 0.4) is 0 Å². The lowest BCUT2D eigenvalue weighted by Gasteiger charge is -2.13. The summed E-state index contributed by atoms with van der Waals surface area (Å²) in [6.07, 6.45) is -0.318. The number of hydrogen-bond donors (Lipinski definition) is 2. The van der Waals surface area contributed by atoms with Crippen LogP contribution in [0, 0.1) is 0 Å². The van der Waals surface area contributed by atoms with Gasteiger partial charge in [-0.1, -0.05) is 36.4 Å². The van der Waals surface area contributed by atoms with Crippen LogP contribution in [-0.2, 0) is 4.74 Å². The number of hydrogen-bond acceptors (Lipinski definition) is 4. The molecule has 3 N–H and O–H groups in total. The van der Waals surface area contributed by atoms with E-state index in [1.807, 2.05) is 54.6 Å². The number of rotatable bonds is 2. The summed E-state index contributed by atoms with van der Waals surface area (Å²) < 4.78 is 5.77. The fraction of sp³-hybridized carbons (Fsp3) is 0.0714. The van der Waals surface area contributed by atoms with Crippen LogP contribution in [0.1, 0.15) is 17.4 Å². The number of hydrazone groups is 1. The van der Waals surface area contributed by atoms with Crippen LogP contribution in [0.5, 0.6) is 0 Å². The van der Waals surface area contributed by atoms with Crippen molar-refractivity contribution in [2.75, 3.05) is 5.73 Å². The second kappa shape index (κ2) is 4.41. The van der Waals surface area contributed by atoms with E-state index in [9.17, 15) is 0 Å². The lowest BCUT2D eigenvalue weighted by Crippen LogP contribution is -2.14. The quantitative estimate of drug-likeness (QED) is 0.790. The molecule has 0 radical (unpaired) electrons. The zero-order valence-electron chi connectivity index (χ0n) is 9.71. The number of nitrogens with two attached hydrogens (primary N) is 1. The topological polar surface area (TPSA) is 59.6 Å². The van der Waals surface area contributed by atoms with Crippen LogP contribution in [0.2, 0.25) is 0 Å². The van der Waals surface area contributed by atoms with Gasteiger partial charge < -0.3 is 10.5 Å². The standard InChI is InChI=1S/C14H13N3O/c15-12-9-5-4-8-11(12)14-17-16-13(18-14)10-6-2-1-3-7-10/h1-9,14,17H,15H2. The van der Waals surface area contributed by atoms with Gasteiger partial charge in [-0.05, 0) is 18.2 Å². The number of nitrogens with one attached hydrogen (secondary N) is 1. The van der Waals surface area contributed by atoms with Crippen molar-refractivity contribution in [3.63, 3.8) is 0 Å². The molecule has 1 aliphatic rings. The molecule has 0 aromatic heterocycles. The average Bonchev–Trinajstić information content (AvgIpc) is 2.90. The molecule has 1 aliphatic heterocycles. The summed E-state index contributed by atoms with van der Waals surface area (Å²) in [4.78, 5) is 0. The van der Waals surface area contributed by atoms with Gasteiger partial charge in [0.05, 0.1) is 0 Å². The molecule has 4 heteroatoms. The minimum absolute atomic E-state index is 0.318. The van der Waals surface area contributed by atoms with Crippen molar-refractivity contribution in [3.8, 4) is 0 Å². The highest BCUT2D eigenvalue weighted by atomic mass is 16.5. The summed E-state index contributed by atoms with van der Waals surface area (Å²) in [5.41, 5.74) is 11.4. The number of anilines is 1. The SMILES string of the molecule is Nc1ccccc1C1NN=C(c2ccccc2)O1. The number of ether oxygens (including phenoxy) is 1. The third kappa shape index (κ3) is 1.88. The molecule has 0 aliphatic carbocycles. The molecule has 0 amide bonds. The number of nitrogen functional groups attached to an aromatic ring is 1. The summed E-state index contributed by atoms with van der Waals surface area (Å²) in [6, 6.07) is 17.4. The Balaban J connectivity index is 1.81. The van der Waals surface area contributed by atoms with Gasteiger partial charge in [0.15, 0.2) is 0 Å². The second-order valence-electron chi connectivity index (χ2n) is 4.04. The number of para-hydroxylation sites is 1.